The van der Waals surface area contributed by atoms with E-state index in [1.807, 2.05) is 20.0 Å². The van der Waals surface area contributed by atoms with Gasteiger partial charge < -0.3 is 20.1 Å². The minimum atomic E-state index is 0.532. The number of rotatable bonds is 24. The Morgan fingerprint density at radius 3 is 2.19 bits per heavy atom. The van der Waals surface area contributed by atoms with Crippen LogP contribution < -0.4 is 10.6 Å². The van der Waals surface area contributed by atoms with E-state index >= 15 is 0 Å². The van der Waals surface area contributed by atoms with Gasteiger partial charge in [0.15, 0.2) is 0 Å². The number of nitrogen functional groups attached to an aromatic ring is 1. The van der Waals surface area contributed by atoms with Gasteiger partial charge >= 0.3 is 0 Å². The smallest absolute Gasteiger partial charge is 0.141 e. The van der Waals surface area contributed by atoms with Crippen LogP contribution in [0.3, 0.4) is 0 Å². The molecule has 0 saturated carbocycles. The van der Waals surface area contributed by atoms with Crippen molar-refractivity contribution >= 4 is 11.6 Å². The van der Waals surface area contributed by atoms with E-state index in [2.05, 4.69) is 54.4 Å². The fraction of sp³-hybridized carbons (Fsp3) is 0.676. The maximum atomic E-state index is 6.28. The SMILES string of the molecule is C=C(C)N(Cc1ccc(CN(C)CCOCCOCCCCCCCCC)cn1)c1nc(CCCCC)nc(N)c1C. The second-order valence-corrected chi connectivity index (χ2v) is 11.5. The van der Waals surface area contributed by atoms with Crippen molar-refractivity contribution in [2.24, 2.45) is 0 Å². The summed E-state index contributed by atoms with van der Waals surface area (Å²) in [5.41, 5.74) is 10.2. The fourth-order valence-corrected chi connectivity index (χ4v) is 4.77. The zero-order chi connectivity index (χ0) is 30.6. The summed E-state index contributed by atoms with van der Waals surface area (Å²) in [7, 11) is 2.11. The molecule has 0 aromatic carbocycles. The number of hydrogen-bond donors (Lipinski definition) is 1. The molecule has 0 atom stereocenters. The van der Waals surface area contributed by atoms with Crippen molar-refractivity contribution in [1.82, 2.24) is 19.9 Å². The number of nitrogens with zero attached hydrogens (tertiary/aromatic N) is 5. The first-order valence-corrected chi connectivity index (χ1v) is 16.2. The molecule has 2 aromatic rings. The molecular weight excluding hydrogens is 524 g/mol. The van der Waals surface area contributed by atoms with E-state index < -0.39 is 0 Å². The average Bonchev–Trinajstić information content (AvgIpc) is 2.97. The summed E-state index contributed by atoms with van der Waals surface area (Å²) < 4.78 is 11.5. The predicted molar refractivity (Wildman–Crippen MR) is 176 cm³/mol. The molecule has 236 valence electrons. The minimum absolute atomic E-state index is 0.532. The van der Waals surface area contributed by atoms with Gasteiger partial charge in [-0.05, 0) is 45.4 Å². The summed E-state index contributed by atoms with van der Waals surface area (Å²) in [4.78, 5) is 18.5. The Hall–Kier alpha value is -2.55. The Morgan fingerprint density at radius 1 is 0.857 bits per heavy atom. The van der Waals surface area contributed by atoms with Gasteiger partial charge in [0.25, 0.3) is 0 Å². The van der Waals surface area contributed by atoms with Crippen LogP contribution in [-0.4, -0.2) is 59.9 Å². The quantitative estimate of drug-likeness (QED) is 0.129. The van der Waals surface area contributed by atoms with Crippen molar-refractivity contribution < 1.29 is 9.47 Å². The van der Waals surface area contributed by atoms with Crippen molar-refractivity contribution in [3.05, 3.63) is 53.3 Å². The molecule has 0 unspecified atom stereocenters. The minimum Gasteiger partial charge on any atom is -0.383 e. The number of aromatic nitrogens is 3. The van der Waals surface area contributed by atoms with Gasteiger partial charge in [0.1, 0.15) is 17.5 Å². The lowest BCUT2D eigenvalue weighted by Crippen LogP contribution is -2.25. The fourth-order valence-electron chi connectivity index (χ4n) is 4.77. The molecule has 0 aliphatic heterocycles. The Kier molecular flexibility index (Phi) is 18.0. The summed E-state index contributed by atoms with van der Waals surface area (Å²) in [6.45, 7) is 17.7. The van der Waals surface area contributed by atoms with Crippen LogP contribution in [-0.2, 0) is 29.0 Å². The number of allylic oxidation sites excluding steroid dienone is 1. The summed E-state index contributed by atoms with van der Waals surface area (Å²) >= 11 is 0. The zero-order valence-electron chi connectivity index (χ0n) is 27.3. The van der Waals surface area contributed by atoms with Gasteiger partial charge in [-0.1, -0.05) is 77.9 Å². The molecule has 0 spiro atoms. The monoisotopic (exact) mass is 582 g/mol. The summed E-state index contributed by atoms with van der Waals surface area (Å²) in [6.07, 6.45) is 15.3. The molecule has 0 aliphatic carbocycles. The highest BCUT2D eigenvalue weighted by atomic mass is 16.5. The first-order valence-electron chi connectivity index (χ1n) is 16.2. The molecule has 8 nitrogen and oxygen atoms in total. The van der Waals surface area contributed by atoms with Crippen molar-refractivity contribution in [2.45, 2.75) is 111 Å². The number of pyridine rings is 1. The highest BCUT2D eigenvalue weighted by Crippen LogP contribution is 2.26. The third-order valence-corrected chi connectivity index (χ3v) is 7.46. The van der Waals surface area contributed by atoms with Crippen molar-refractivity contribution in [3.8, 4) is 0 Å². The Labute approximate surface area is 256 Å². The van der Waals surface area contributed by atoms with Gasteiger partial charge in [0, 0.05) is 43.6 Å². The van der Waals surface area contributed by atoms with Gasteiger partial charge in [-0.2, -0.15) is 0 Å². The first kappa shape index (κ1) is 35.6. The van der Waals surface area contributed by atoms with E-state index in [1.165, 1.54) is 44.1 Å². The van der Waals surface area contributed by atoms with Gasteiger partial charge in [-0.25, -0.2) is 9.97 Å². The molecule has 0 bridgehead atoms. The van der Waals surface area contributed by atoms with Crippen LogP contribution in [0.15, 0.2) is 30.6 Å². The highest BCUT2D eigenvalue weighted by molar-refractivity contribution is 5.59. The van der Waals surface area contributed by atoms with Gasteiger partial charge in [-0.15, -0.1) is 0 Å². The molecule has 2 aromatic heterocycles. The van der Waals surface area contributed by atoms with Crippen LogP contribution in [0, 0.1) is 6.92 Å². The number of hydrogen-bond acceptors (Lipinski definition) is 8. The number of anilines is 2. The van der Waals surface area contributed by atoms with E-state index in [0.717, 1.165) is 80.4 Å². The number of aryl methyl sites for hydroxylation is 1. The molecule has 2 N–H and O–H groups in total. The van der Waals surface area contributed by atoms with E-state index in [4.69, 9.17) is 25.2 Å². The van der Waals surface area contributed by atoms with Crippen molar-refractivity contribution in [3.63, 3.8) is 0 Å². The molecular formula is C34H58N6O2. The standard InChI is InChI=1S/C34H58N6O2/c1-7-9-11-12-13-14-16-21-41-23-24-42-22-20-39(6)26-30-18-19-31(36-25-30)27-40(28(3)4)34-29(5)33(35)37-32(38-34)17-15-10-8-2/h18-19,25H,3,7-17,20-24,26-27H2,1-2,4-6H3,(H2,35,37,38). The lowest BCUT2D eigenvalue weighted by molar-refractivity contribution is 0.0390. The topological polar surface area (TPSA) is 89.6 Å². The predicted octanol–water partition coefficient (Wildman–Crippen LogP) is 7.25. The number of nitrogens with two attached hydrogens (primary N) is 1. The molecule has 8 heteroatoms. The van der Waals surface area contributed by atoms with Crippen molar-refractivity contribution in [1.29, 1.82) is 0 Å². The Bertz CT molecular complexity index is 1010. The summed E-state index contributed by atoms with van der Waals surface area (Å²) in [5, 5.41) is 0. The molecule has 0 amide bonds. The van der Waals surface area contributed by atoms with E-state index in [0.29, 0.717) is 32.2 Å². The molecule has 0 radical (unpaired) electrons. The maximum absolute atomic E-state index is 6.28. The maximum Gasteiger partial charge on any atom is 0.141 e. The molecule has 42 heavy (non-hydrogen) atoms. The van der Waals surface area contributed by atoms with Crippen LogP contribution >= 0.6 is 0 Å². The molecule has 0 fully saturated rings. The van der Waals surface area contributed by atoms with Crippen LogP contribution in [0.5, 0.6) is 0 Å². The number of unbranched alkanes of at least 4 members (excludes halogenated alkanes) is 8. The lowest BCUT2D eigenvalue weighted by Gasteiger charge is -2.26. The summed E-state index contributed by atoms with van der Waals surface area (Å²) in [6, 6.07) is 4.23. The number of likely N-dealkylation sites (N-methyl/N-ethyl adjacent to an activating group) is 1. The average molecular weight is 583 g/mol. The Balaban J connectivity index is 1.73. The summed E-state index contributed by atoms with van der Waals surface area (Å²) in [5.74, 6) is 2.14. The van der Waals surface area contributed by atoms with Gasteiger partial charge in [0.2, 0.25) is 0 Å². The largest absolute Gasteiger partial charge is 0.383 e. The molecule has 2 rings (SSSR count). The van der Waals surface area contributed by atoms with Gasteiger partial charge in [-0.3, -0.25) is 9.88 Å². The van der Waals surface area contributed by atoms with Crippen LogP contribution in [0.1, 0.15) is 108 Å². The second kappa shape index (κ2) is 21.2. The zero-order valence-corrected chi connectivity index (χ0v) is 27.3. The second-order valence-electron chi connectivity index (χ2n) is 11.5. The number of ether oxygens (including phenoxy) is 2. The van der Waals surface area contributed by atoms with E-state index in [-0.39, 0.29) is 0 Å². The van der Waals surface area contributed by atoms with Crippen LogP contribution in [0.4, 0.5) is 11.6 Å². The van der Waals surface area contributed by atoms with Gasteiger partial charge in [0.05, 0.1) is 32.1 Å². The van der Waals surface area contributed by atoms with E-state index in [9.17, 15) is 0 Å². The van der Waals surface area contributed by atoms with E-state index in [1.54, 1.807) is 0 Å². The van der Waals surface area contributed by atoms with Crippen LogP contribution in [0.2, 0.25) is 0 Å². The normalized spacial score (nSPS) is 11.4. The van der Waals surface area contributed by atoms with Crippen molar-refractivity contribution in [2.75, 3.05) is 50.7 Å². The molecule has 2 heterocycles. The first-order chi connectivity index (χ1) is 20.3. The Morgan fingerprint density at radius 2 is 1.52 bits per heavy atom. The van der Waals surface area contributed by atoms with Crippen LogP contribution in [0.25, 0.3) is 0 Å². The molecule has 0 saturated heterocycles. The lowest BCUT2D eigenvalue weighted by atomic mass is 10.1. The third kappa shape index (κ3) is 14.1. The third-order valence-electron chi connectivity index (χ3n) is 7.46. The highest BCUT2D eigenvalue weighted by Gasteiger charge is 2.17. The molecule has 0 aliphatic rings.